The van der Waals surface area contributed by atoms with Crippen LogP contribution in [0.15, 0.2) is 48.5 Å². The highest BCUT2D eigenvalue weighted by molar-refractivity contribution is 6.05. The van der Waals surface area contributed by atoms with Crippen molar-refractivity contribution >= 4 is 11.8 Å². The molecule has 6 nitrogen and oxygen atoms in total. The van der Waals surface area contributed by atoms with Crippen LogP contribution in [0.3, 0.4) is 0 Å². The number of hydrogen-bond donors (Lipinski definition) is 1. The van der Waals surface area contributed by atoms with Crippen LogP contribution in [0.25, 0.3) is 0 Å². The lowest BCUT2D eigenvalue weighted by atomic mass is 10.2. The van der Waals surface area contributed by atoms with Gasteiger partial charge in [0, 0.05) is 12.1 Å². The quantitative estimate of drug-likeness (QED) is 0.780. The van der Waals surface area contributed by atoms with Crippen LogP contribution in [0, 0.1) is 0 Å². The van der Waals surface area contributed by atoms with Crippen LogP contribution in [0.2, 0.25) is 0 Å². The molecule has 0 saturated carbocycles. The predicted molar refractivity (Wildman–Crippen MR) is 94.9 cm³/mol. The van der Waals surface area contributed by atoms with Gasteiger partial charge in [0.15, 0.2) is 0 Å². The number of carbonyl (C=O) groups is 2. The molecular formula is C19H19F3N2O4. The van der Waals surface area contributed by atoms with E-state index in [2.05, 4.69) is 10.1 Å². The zero-order valence-electron chi connectivity index (χ0n) is 15.2. The summed E-state index contributed by atoms with van der Waals surface area (Å²) in [5, 5.41) is 2.28. The fourth-order valence-corrected chi connectivity index (χ4v) is 2.39. The van der Waals surface area contributed by atoms with E-state index in [1.807, 2.05) is 0 Å². The molecule has 0 atom stereocenters. The fourth-order valence-electron chi connectivity index (χ4n) is 2.39. The van der Waals surface area contributed by atoms with Gasteiger partial charge in [0.1, 0.15) is 11.5 Å². The van der Waals surface area contributed by atoms with Gasteiger partial charge < -0.3 is 9.47 Å². The average Bonchev–Trinajstić information content (AvgIpc) is 2.62. The monoisotopic (exact) mass is 396 g/mol. The molecule has 2 aromatic rings. The van der Waals surface area contributed by atoms with Crippen LogP contribution in [0.5, 0.6) is 11.5 Å². The van der Waals surface area contributed by atoms with Gasteiger partial charge >= 0.3 is 6.36 Å². The molecule has 0 heterocycles. The molecule has 2 amide bonds. The van der Waals surface area contributed by atoms with Crippen molar-refractivity contribution in [2.75, 3.05) is 20.7 Å². The Bertz CT molecular complexity index is 805. The van der Waals surface area contributed by atoms with Gasteiger partial charge in [-0.3, -0.25) is 19.8 Å². The second-order valence-corrected chi connectivity index (χ2v) is 5.97. The molecular weight excluding hydrogens is 377 g/mol. The minimum Gasteiger partial charge on any atom is -0.497 e. The number of halogens is 3. The summed E-state index contributed by atoms with van der Waals surface area (Å²) >= 11 is 0. The molecule has 28 heavy (non-hydrogen) atoms. The Kier molecular flexibility index (Phi) is 7.00. The van der Waals surface area contributed by atoms with E-state index >= 15 is 0 Å². The summed E-state index contributed by atoms with van der Waals surface area (Å²) in [6, 6.07) is 11.6. The molecule has 0 saturated heterocycles. The molecule has 0 aliphatic rings. The van der Waals surface area contributed by atoms with Gasteiger partial charge in [-0.2, -0.15) is 0 Å². The van der Waals surface area contributed by atoms with Crippen LogP contribution < -0.4 is 14.8 Å². The topological polar surface area (TPSA) is 67.9 Å². The molecule has 0 spiro atoms. The minimum atomic E-state index is -4.74. The summed E-state index contributed by atoms with van der Waals surface area (Å²) in [5.41, 5.74) is 1.00. The van der Waals surface area contributed by atoms with E-state index in [0.717, 1.165) is 0 Å². The number of ether oxygens (including phenoxy) is 2. The smallest absolute Gasteiger partial charge is 0.497 e. The van der Waals surface area contributed by atoms with Crippen molar-refractivity contribution in [2.24, 2.45) is 0 Å². The van der Waals surface area contributed by atoms with Crippen molar-refractivity contribution in [1.29, 1.82) is 0 Å². The number of amides is 2. The molecule has 150 valence electrons. The van der Waals surface area contributed by atoms with Gasteiger partial charge in [0.05, 0.1) is 13.7 Å². The molecule has 1 N–H and O–H groups in total. The third-order valence-corrected chi connectivity index (χ3v) is 3.63. The van der Waals surface area contributed by atoms with Crippen LogP contribution >= 0.6 is 0 Å². The molecule has 0 unspecified atom stereocenters. The standard InChI is InChI=1S/C19H19F3N2O4/c1-24(11-13-3-7-16(8-4-13)28-19(20,21)22)12-17(25)23-18(26)14-5-9-15(27-2)10-6-14/h3-10H,11-12H2,1-2H3,(H,23,25,26). The molecule has 0 fully saturated rings. The van der Waals surface area contributed by atoms with Crippen molar-refractivity contribution < 1.29 is 32.2 Å². The molecule has 0 aliphatic heterocycles. The van der Waals surface area contributed by atoms with Crippen molar-refractivity contribution in [3.05, 3.63) is 59.7 Å². The lowest BCUT2D eigenvalue weighted by Gasteiger charge is -2.16. The summed E-state index contributed by atoms with van der Waals surface area (Å²) in [4.78, 5) is 25.7. The molecule has 0 aromatic heterocycles. The fraction of sp³-hybridized carbons (Fsp3) is 0.263. The van der Waals surface area contributed by atoms with Gasteiger partial charge in [0.25, 0.3) is 5.91 Å². The second kappa shape index (κ2) is 9.23. The zero-order chi connectivity index (χ0) is 20.7. The number of likely N-dealkylation sites (N-methyl/N-ethyl adjacent to an activating group) is 1. The lowest BCUT2D eigenvalue weighted by Crippen LogP contribution is -2.38. The third-order valence-electron chi connectivity index (χ3n) is 3.63. The molecule has 2 aromatic carbocycles. The van der Waals surface area contributed by atoms with E-state index in [9.17, 15) is 22.8 Å². The van der Waals surface area contributed by atoms with Gasteiger partial charge in [-0.1, -0.05) is 12.1 Å². The molecule has 0 radical (unpaired) electrons. The van der Waals surface area contributed by atoms with Crippen molar-refractivity contribution in [2.45, 2.75) is 12.9 Å². The van der Waals surface area contributed by atoms with Crippen LogP contribution in [0.4, 0.5) is 13.2 Å². The SMILES string of the molecule is COc1ccc(C(=O)NC(=O)CN(C)Cc2ccc(OC(F)(F)F)cc2)cc1. The highest BCUT2D eigenvalue weighted by Gasteiger charge is 2.30. The summed E-state index contributed by atoms with van der Waals surface area (Å²) in [5.74, 6) is -0.758. The van der Waals surface area contributed by atoms with E-state index in [-0.39, 0.29) is 12.3 Å². The number of nitrogens with zero attached hydrogens (tertiary/aromatic N) is 1. The average molecular weight is 396 g/mol. The van der Waals surface area contributed by atoms with Crippen molar-refractivity contribution in [3.8, 4) is 11.5 Å². The van der Waals surface area contributed by atoms with E-state index < -0.39 is 18.2 Å². The van der Waals surface area contributed by atoms with E-state index in [1.165, 1.54) is 43.5 Å². The maximum Gasteiger partial charge on any atom is 0.573 e. The first kappa shape index (κ1) is 21.2. The lowest BCUT2D eigenvalue weighted by molar-refractivity contribution is -0.274. The number of hydrogen-bond acceptors (Lipinski definition) is 5. The predicted octanol–water partition coefficient (Wildman–Crippen LogP) is 2.98. The zero-order valence-corrected chi connectivity index (χ0v) is 15.2. The Morgan fingerprint density at radius 1 is 1.00 bits per heavy atom. The molecule has 9 heteroatoms. The maximum absolute atomic E-state index is 12.2. The first-order chi connectivity index (χ1) is 13.2. The summed E-state index contributed by atoms with van der Waals surface area (Å²) in [7, 11) is 3.16. The third kappa shape index (κ3) is 6.92. The molecule has 0 bridgehead atoms. The first-order valence-electron chi connectivity index (χ1n) is 8.18. The van der Waals surface area contributed by atoms with Gasteiger partial charge in [-0.15, -0.1) is 13.2 Å². The number of methoxy groups -OCH3 is 1. The largest absolute Gasteiger partial charge is 0.573 e. The summed E-state index contributed by atoms with van der Waals surface area (Å²) in [6.45, 7) is 0.235. The van der Waals surface area contributed by atoms with Crippen LogP contribution in [0.1, 0.15) is 15.9 Å². The van der Waals surface area contributed by atoms with Crippen molar-refractivity contribution in [1.82, 2.24) is 10.2 Å². The van der Waals surface area contributed by atoms with E-state index in [1.54, 1.807) is 24.1 Å². The number of imide groups is 1. The summed E-state index contributed by atoms with van der Waals surface area (Å²) < 4.78 is 45.3. The van der Waals surface area contributed by atoms with Gasteiger partial charge in [0.2, 0.25) is 5.91 Å². The Balaban J connectivity index is 1.83. The Morgan fingerprint density at radius 3 is 2.11 bits per heavy atom. The normalized spacial score (nSPS) is 11.2. The Hall–Kier alpha value is -3.07. The number of rotatable bonds is 7. The van der Waals surface area contributed by atoms with E-state index in [4.69, 9.17) is 4.74 Å². The maximum atomic E-state index is 12.2. The highest BCUT2D eigenvalue weighted by Crippen LogP contribution is 2.23. The summed E-state index contributed by atoms with van der Waals surface area (Å²) in [6.07, 6.45) is -4.74. The number of benzene rings is 2. The van der Waals surface area contributed by atoms with Crippen molar-refractivity contribution in [3.63, 3.8) is 0 Å². The number of nitrogens with one attached hydrogen (secondary N) is 1. The van der Waals surface area contributed by atoms with Crippen LogP contribution in [-0.2, 0) is 11.3 Å². The highest BCUT2D eigenvalue weighted by atomic mass is 19.4. The van der Waals surface area contributed by atoms with Gasteiger partial charge in [-0.25, -0.2) is 0 Å². The molecule has 2 rings (SSSR count). The minimum absolute atomic E-state index is 0.0668. The number of alkyl halides is 3. The molecule has 0 aliphatic carbocycles. The van der Waals surface area contributed by atoms with Crippen LogP contribution in [-0.4, -0.2) is 43.8 Å². The second-order valence-electron chi connectivity index (χ2n) is 5.97. The van der Waals surface area contributed by atoms with Gasteiger partial charge in [-0.05, 0) is 49.0 Å². The Labute approximate surface area is 159 Å². The first-order valence-corrected chi connectivity index (χ1v) is 8.18. The van der Waals surface area contributed by atoms with E-state index in [0.29, 0.717) is 23.4 Å². The number of carbonyl (C=O) groups excluding carboxylic acids is 2. The Morgan fingerprint density at radius 2 is 1.57 bits per heavy atom.